The van der Waals surface area contributed by atoms with Gasteiger partial charge in [0.15, 0.2) is 11.5 Å². The average Bonchev–Trinajstić information content (AvgIpc) is 3.06. The summed E-state index contributed by atoms with van der Waals surface area (Å²) in [5.41, 5.74) is 3.01. The van der Waals surface area contributed by atoms with Gasteiger partial charge in [-0.05, 0) is 71.1 Å². The van der Waals surface area contributed by atoms with Crippen LogP contribution in [0.15, 0.2) is 72.9 Å². The smallest absolute Gasteiger partial charge is 0.255 e. The van der Waals surface area contributed by atoms with Gasteiger partial charge in [-0.2, -0.15) is 0 Å². The minimum Gasteiger partial charge on any atom is -0.322 e. The standard InChI is InChI=1S/C19H13IN4O/c20-15-9-7-13(8-10-15)19(25)21-16-5-3-4-14(12-16)18-23-22-17-6-1-2-11-24(17)18/h1-12H,(H,21,25). The minimum absolute atomic E-state index is 0.139. The van der Waals surface area contributed by atoms with Crippen molar-refractivity contribution in [3.05, 3.63) is 82.1 Å². The summed E-state index contributed by atoms with van der Waals surface area (Å²) in [6.45, 7) is 0. The molecule has 4 aromatic rings. The summed E-state index contributed by atoms with van der Waals surface area (Å²) in [6.07, 6.45) is 1.92. The Kier molecular flexibility index (Phi) is 4.19. The van der Waals surface area contributed by atoms with Crippen LogP contribution >= 0.6 is 22.6 Å². The molecule has 25 heavy (non-hydrogen) atoms. The van der Waals surface area contributed by atoms with Crippen molar-refractivity contribution in [2.75, 3.05) is 5.32 Å². The van der Waals surface area contributed by atoms with Crippen LogP contribution in [0.25, 0.3) is 17.0 Å². The van der Waals surface area contributed by atoms with Crippen LogP contribution in [-0.2, 0) is 0 Å². The predicted molar refractivity (Wildman–Crippen MR) is 106 cm³/mol. The molecule has 1 N–H and O–H groups in total. The van der Waals surface area contributed by atoms with Crippen molar-refractivity contribution in [3.63, 3.8) is 0 Å². The number of rotatable bonds is 3. The number of halogens is 1. The Labute approximate surface area is 157 Å². The number of carbonyl (C=O) groups excluding carboxylic acids is 1. The Balaban J connectivity index is 1.63. The molecule has 0 bridgehead atoms. The highest BCUT2D eigenvalue weighted by Crippen LogP contribution is 2.22. The second-order valence-electron chi connectivity index (χ2n) is 5.49. The average molecular weight is 440 g/mol. The molecule has 0 saturated heterocycles. The number of amides is 1. The van der Waals surface area contributed by atoms with Gasteiger partial charge < -0.3 is 5.32 Å². The Morgan fingerprint density at radius 1 is 0.960 bits per heavy atom. The van der Waals surface area contributed by atoms with Crippen LogP contribution in [0, 0.1) is 3.57 Å². The lowest BCUT2D eigenvalue weighted by Crippen LogP contribution is -2.11. The third-order valence-corrected chi connectivity index (χ3v) is 4.52. The van der Waals surface area contributed by atoms with E-state index in [2.05, 4.69) is 38.1 Å². The van der Waals surface area contributed by atoms with Gasteiger partial charge in [-0.15, -0.1) is 10.2 Å². The molecule has 0 spiro atoms. The molecular weight excluding hydrogens is 427 g/mol. The fourth-order valence-electron chi connectivity index (χ4n) is 2.58. The van der Waals surface area contributed by atoms with Crippen LogP contribution in [0.4, 0.5) is 5.69 Å². The Bertz CT molecular complexity index is 1060. The Hall–Kier alpha value is -2.74. The molecule has 0 fully saturated rings. The molecule has 0 aliphatic carbocycles. The van der Waals surface area contributed by atoms with E-state index in [1.165, 1.54) is 0 Å². The van der Waals surface area contributed by atoms with Gasteiger partial charge in [-0.3, -0.25) is 9.20 Å². The number of aromatic nitrogens is 3. The van der Waals surface area contributed by atoms with E-state index in [9.17, 15) is 4.79 Å². The molecule has 0 atom stereocenters. The van der Waals surface area contributed by atoms with Crippen LogP contribution in [0.5, 0.6) is 0 Å². The SMILES string of the molecule is O=C(Nc1cccc(-c2nnc3ccccn23)c1)c1ccc(I)cc1. The number of hydrogen-bond acceptors (Lipinski definition) is 3. The summed E-state index contributed by atoms with van der Waals surface area (Å²) < 4.78 is 3.01. The highest BCUT2D eigenvalue weighted by Gasteiger charge is 2.10. The van der Waals surface area contributed by atoms with E-state index in [1.807, 2.05) is 77.3 Å². The maximum atomic E-state index is 12.4. The van der Waals surface area contributed by atoms with Gasteiger partial charge in [0.05, 0.1) is 0 Å². The second kappa shape index (κ2) is 6.64. The lowest BCUT2D eigenvalue weighted by atomic mass is 10.1. The summed E-state index contributed by atoms with van der Waals surface area (Å²) in [6, 6.07) is 20.8. The van der Waals surface area contributed by atoms with Crippen molar-refractivity contribution in [3.8, 4) is 11.4 Å². The summed E-state index contributed by atoms with van der Waals surface area (Å²) in [4.78, 5) is 12.4. The Morgan fingerprint density at radius 2 is 1.80 bits per heavy atom. The van der Waals surface area contributed by atoms with Crippen molar-refractivity contribution in [1.82, 2.24) is 14.6 Å². The molecule has 0 unspecified atom stereocenters. The number of carbonyl (C=O) groups is 1. The largest absolute Gasteiger partial charge is 0.322 e. The minimum atomic E-state index is -0.139. The van der Waals surface area contributed by atoms with Gasteiger partial charge in [-0.1, -0.05) is 18.2 Å². The van der Waals surface area contributed by atoms with Crippen molar-refractivity contribution in [2.45, 2.75) is 0 Å². The molecule has 0 radical (unpaired) electrons. The van der Waals surface area contributed by atoms with Gasteiger partial charge >= 0.3 is 0 Å². The van der Waals surface area contributed by atoms with Gasteiger partial charge in [0.1, 0.15) is 0 Å². The van der Waals surface area contributed by atoms with Crippen molar-refractivity contribution < 1.29 is 4.79 Å². The van der Waals surface area contributed by atoms with Crippen molar-refractivity contribution in [1.29, 1.82) is 0 Å². The second-order valence-corrected chi connectivity index (χ2v) is 6.74. The van der Waals surface area contributed by atoms with Gasteiger partial charge in [0.25, 0.3) is 5.91 Å². The molecule has 0 aliphatic heterocycles. The zero-order chi connectivity index (χ0) is 17.2. The topological polar surface area (TPSA) is 59.3 Å². The van der Waals surface area contributed by atoms with E-state index in [0.29, 0.717) is 11.3 Å². The monoisotopic (exact) mass is 440 g/mol. The van der Waals surface area contributed by atoms with E-state index in [0.717, 1.165) is 20.6 Å². The number of nitrogens with zero attached hydrogens (tertiary/aromatic N) is 3. The molecule has 5 nitrogen and oxygen atoms in total. The molecule has 2 aromatic heterocycles. The molecule has 1 amide bonds. The predicted octanol–water partition coefficient (Wildman–Crippen LogP) is 4.25. The number of nitrogens with one attached hydrogen (secondary N) is 1. The third kappa shape index (κ3) is 3.25. The Morgan fingerprint density at radius 3 is 2.64 bits per heavy atom. The number of benzene rings is 2. The van der Waals surface area contributed by atoms with Crippen LogP contribution in [-0.4, -0.2) is 20.5 Å². The lowest BCUT2D eigenvalue weighted by Gasteiger charge is -2.07. The first-order valence-electron chi connectivity index (χ1n) is 7.68. The molecule has 4 rings (SSSR count). The van der Waals surface area contributed by atoms with Gasteiger partial charge in [-0.25, -0.2) is 0 Å². The first-order valence-corrected chi connectivity index (χ1v) is 8.76. The van der Waals surface area contributed by atoms with Crippen LogP contribution in [0.1, 0.15) is 10.4 Å². The van der Waals surface area contributed by atoms with E-state index in [-0.39, 0.29) is 5.91 Å². The number of hydrogen-bond donors (Lipinski definition) is 1. The molecular formula is C19H13IN4O. The number of anilines is 1. The molecule has 6 heteroatoms. The van der Waals surface area contributed by atoms with Crippen molar-refractivity contribution >= 4 is 39.8 Å². The highest BCUT2D eigenvalue weighted by molar-refractivity contribution is 14.1. The van der Waals surface area contributed by atoms with Gasteiger partial charge in [0, 0.05) is 26.6 Å². The summed E-state index contributed by atoms with van der Waals surface area (Å²) in [5.74, 6) is 0.598. The lowest BCUT2D eigenvalue weighted by molar-refractivity contribution is 0.102. The van der Waals surface area contributed by atoms with Gasteiger partial charge in [0.2, 0.25) is 0 Å². The van der Waals surface area contributed by atoms with E-state index < -0.39 is 0 Å². The zero-order valence-corrected chi connectivity index (χ0v) is 15.2. The zero-order valence-electron chi connectivity index (χ0n) is 13.1. The highest BCUT2D eigenvalue weighted by atomic mass is 127. The first-order chi connectivity index (χ1) is 12.2. The molecule has 122 valence electrons. The van der Waals surface area contributed by atoms with Crippen LogP contribution in [0.3, 0.4) is 0 Å². The fourth-order valence-corrected chi connectivity index (χ4v) is 2.94. The van der Waals surface area contributed by atoms with E-state index in [1.54, 1.807) is 0 Å². The molecule has 0 saturated carbocycles. The number of pyridine rings is 1. The maximum absolute atomic E-state index is 12.4. The molecule has 2 aromatic carbocycles. The normalized spacial score (nSPS) is 10.8. The summed E-state index contributed by atoms with van der Waals surface area (Å²) >= 11 is 2.21. The first kappa shape index (κ1) is 15.8. The quantitative estimate of drug-likeness (QED) is 0.485. The molecule has 2 heterocycles. The maximum Gasteiger partial charge on any atom is 0.255 e. The van der Waals surface area contributed by atoms with E-state index in [4.69, 9.17) is 0 Å². The third-order valence-electron chi connectivity index (χ3n) is 3.80. The number of fused-ring (bicyclic) bond motifs is 1. The molecule has 0 aliphatic rings. The van der Waals surface area contributed by atoms with Crippen LogP contribution in [0.2, 0.25) is 0 Å². The summed E-state index contributed by atoms with van der Waals surface area (Å²) in [5, 5.41) is 11.3. The van der Waals surface area contributed by atoms with Crippen molar-refractivity contribution in [2.24, 2.45) is 0 Å². The van der Waals surface area contributed by atoms with Crippen LogP contribution < -0.4 is 5.32 Å². The van der Waals surface area contributed by atoms with E-state index >= 15 is 0 Å². The fraction of sp³-hybridized carbons (Fsp3) is 0. The summed E-state index contributed by atoms with van der Waals surface area (Å²) in [7, 11) is 0.